The smallest absolute Gasteiger partial charge is 0.329 e. The molecule has 0 bridgehead atoms. The number of alkyl halides is 1. The number of esters is 1. The van der Waals surface area contributed by atoms with Crippen LogP contribution in [0.15, 0.2) is 24.3 Å². The first-order chi connectivity index (χ1) is 10.8. The molecule has 2 unspecified atom stereocenters. The monoisotopic (exact) mass is 375 g/mol. The Kier molecular flexibility index (Phi) is 5.87. The van der Waals surface area contributed by atoms with Crippen molar-refractivity contribution in [2.45, 2.75) is 25.3 Å². The number of methoxy groups -OCH3 is 1. The molecule has 0 aliphatic carbocycles. The summed E-state index contributed by atoms with van der Waals surface area (Å²) < 4.78 is 4.86. The number of thioether (sulfide) groups is 1. The van der Waals surface area contributed by atoms with Gasteiger partial charge in [-0.15, -0.1) is 23.4 Å². The second-order valence-electron chi connectivity index (χ2n) is 6.01. The number of ether oxygens (including phenoxy) is 1. The van der Waals surface area contributed by atoms with Crippen molar-refractivity contribution < 1.29 is 14.3 Å². The second kappa shape index (κ2) is 7.32. The predicted molar refractivity (Wildman–Crippen MR) is 93.8 cm³/mol. The van der Waals surface area contributed by atoms with Crippen LogP contribution in [0.4, 0.5) is 0 Å². The van der Waals surface area contributed by atoms with E-state index in [0.29, 0.717) is 10.8 Å². The quantitative estimate of drug-likeness (QED) is 0.594. The van der Waals surface area contributed by atoms with Crippen LogP contribution in [0.1, 0.15) is 24.8 Å². The highest BCUT2D eigenvalue weighted by atomic mass is 35.5. The van der Waals surface area contributed by atoms with Crippen molar-refractivity contribution in [2.75, 3.05) is 18.7 Å². The van der Waals surface area contributed by atoms with Gasteiger partial charge in [0.05, 0.1) is 12.5 Å². The van der Waals surface area contributed by atoms with Crippen LogP contribution in [0.2, 0.25) is 5.02 Å². The number of halogens is 2. The Morgan fingerprint density at radius 2 is 2.13 bits per heavy atom. The molecule has 7 heteroatoms. The molecule has 23 heavy (non-hydrogen) atoms. The summed E-state index contributed by atoms with van der Waals surface area (Å²) in [5.41, 5.74) is 0.114. The molecule has 1 aliphatic heterocycles. The highest BCUT2D eigenvalue weighted by Gasteiger charge is 2.46. The number of benzene rings is 1. The van der Waals surface area contributed by atoms with Crippen LogP contribution in [0.3, 0.4) is 0 Å². The van der Waals surface area contributed by atoms with E-state index < -0.39 is 17.4 Å². The van der Waals surface area contributed by atoms with Crippen molar-refractivity contribution in [3.05, 3.63) is 34.9 Å². The number of carbonyl (C=O) groups is 2. The lowest BCUT2D eigenvalue weighted by molar-refractivity contribution is -0.155. The summed E-state index contributed by atoms with van der Waals surface area (Å²) in [6, 6.07) is 6.70. The lowest BCUT2D eigenvalue weighted by Crippen LogP contribution is -2.49. The van der Waals surface area contributed by atoms with Crippen LogP contribution in [-0.2, 0) is 14.3 Å². The van der Waals surface area contributed by atoms with E-state index in [-0.39, 0.29) is 17.2 Å². The summed E-state index contributed by atoms with van der Waals surface area (Å²) in [5, 5.41) is 0.307. The van der Waals surface area contributed by atoms with Gasteiger partial charge in [0.25, 0.3) is 0 Å². The Morgan fingerprint density at radius 1 is 1.43 bits per heavy atom. The maximum atomic E-state index is 13.0. The summed E-state index contributed by atoms with van der Waals surface area (Å²) in [7, 11) is 1.33. The van der Waals surface area contributed by atoms with Crippen molar-refractivity contribution >= 4 is 46.8 Å². The Morgan fingerprint density at radius 3 is 2.70 bits per heavy atom. The third-order valence-electron chi connectivity index (χ3n) is 3.76. The van der Waals surface area contributed by atoms with Gasteiger partial charge in [-0.3, -0.25) is 4.79 Å². The van der Waals surface area contributed by atoms with Crippen LogP contribution >= 0.6 is 35.0 Å². The third kappa shape index (κ3) is 3.78. The number of carbonyl (C=O) groups excluding carboxylic acids is 2. The molecule has 1 aromatic carbocycles. The number of amides is 1. The van der Waals surface area contributed by atoms with Gasteiger partial charge in [-0.05, 0) is 31.5 Å². The molecule has 1 saturated heterocycles. The first-order valence-corrected chi connectivity index (χ1v) is 9.11. The largest absolute Gasteiger partial charge is 0.467 e. The van der Waals surface area contributed by atoms with Gasteiger partial charge in [0.15, 0.2) is 0 Å². The Balaban J connectivity index is 2.42. The normalized spacial score (nSPS) is 21.3. The van der Waals surface area contributed by atoms with Crippen molar-refractivity contribution in [3.8, 4) is 0 Å². The topological polar surface area (TPSA) is 46.6 Å². The van der Waals surface area contributed by atoms with E-state index in [0.717, 1.165) is 5.56 Å². The van der Waals surface area contributed by atoms with E-state index in [1.165, 1.54) is 18.9 Å². The van der Waals surface area contributed by atoms with Gasteiger partial charge >= 0.3 is 5.97 Å². The summed E-state index contributed by atoms with van der Waals surface area (Å²) in [5.74, 6) is 0.0653. The molecule has 0 spiro atoms. The highest BCUT2D eigenvalue weighted by molar-refractivity contribution is 7.99. The van der Waals surface area contributed by atoms with Gasteiger partial charge in [-0.2, -0.15) is 0 Å². The molecule has 1 fully saturated rings. The third-order valence-corrected chi connectivity index (χ3v) is 5.98. The Hall–Kier alpha value is -0.910. The minimum atomic E-state index is -0.768. The van der Waals surface area contributed by atoms with Crippen LogP contribution in [0.5, 0.6) is 0 Å². The lowest BCUT2D eigenvalue weighted by atomic mass is 9.93. The molecule has 1 aromatic rings. The molecule has 4 nitrogen and oxygen atoms in total. The number of rotatable bonds is 4. The van der Waals surface area contributed by atoms with E-state index in [1.54, 1.807) is 24.8 Å². The predicted octanol–water partition coefficient (Wildman–Crippen LogP) is 3.72. The fraction of sp³-hybridized carbons (Fsp3) is 0.500. The fourth-order valence-electron chi connectivity index (χ4n) is 2.40. The number of hydrogen-bond donors (Lipinski definition) is 0. The van der Waals surface area contributed by atoms with Gasteiger partial charge in [-0.25, -0.2) is 4.79 Å². The molecule has 126 valence electrons. The van der Waals surface area contributed by atoms with Gasteiger partial charge < -0.3 is 9.64 Å². The van der Waals surface area contributed by atoms with E-state index in [2.05, 4.69) is 0 Å². The average Bonchev–Trinajstić information content (AvgIpc) is 2.98. The standard InChI is InChI=1S/C16H19Cl2NO3S/c1-16(2,9-17)15(21)19-12(14(20)22-3)8-23-13(19)10-5-4-6-11(18)7-10/h4-7,12-13H,8-9H2,1-3H3. The average molecular weight is 376 g/mol. The first kappa shape index (κ1) is 18.4. The van der Waals surface area contributed by atoms with Crippen molar-refractivity contribution in [2.24, 2.45) is 5.41 Å². The van der Waals surface area contributed by atoms with Gasteiger partial charge in [0.1, 0.15) is 11.4 Å². The molecule has 1 heterocycles. The molecule has 0 saturated carbocycles. The molecule has 0 N–H and O–H groups in total. The van der Waals surface area contributed by atoms with Gasteiger partial charge in [0, 0.05) is 16.7 Å². The zero-order chi connectivity index (χ0) is 17.2. The molecular formula is C16H19Cl2NO3S. The van der Waals surface area contributed by atoms with Crippen molar-refractivity contribution in [1.82, 2.24) is 4.90 Å². The van der Waals surface area contributed by atoms with Crippen LogP contribution in [0, 0.1) is 5.41 Å². The first-order valence-electron chi connectivity index (χ1n) is 7.15. The highest BCUT2D eigenvalue weighted by Crippen LogP contribution is 2.44. The molecule has 1 aliphatic rings. The number of nitrogens with zero attached hydrogens (tertiary/aromatic N) is 1. The van der Waals surface area contributed by atoms with Gasteiger partial charge in [0.2, 0.25) is 5.91 Å². The van der Waals surface area contributed by atoms with E-state index in [1.807, 2.05) is 18.2 Å². The SMILES string of the molecule is COC(=O)C1CSC(c2cccc(Cl)c2)N1C(=O)C(C)(C)CCl. The maximum Gasteiger partial charge on any atom is 0.329 e. The molecule has 0 radical (unpaired) electrons. The Bertz CT molecular complexity index is 609. The van der Waals surface area contributed by atoms with E-state index in [4.69, 9.17) is 27.9 Å². The maximum absolute atomic E-state index is 13.0. The molecule has 0 aromatic heterocycles. The summed E-state index contributed by atoms with van der Waals surface area (Å²) >= 11 is 13.5. The van der Waals surface area contributed by atoms with Crippen molar-refractivity contribution in [3.63, 3.8) is 0 Å². The van der Waals surface area contributed by atoms with E-state index in [9.17, 15) is 9.59 Å². The molecule has 2 atom stereocenters. The second-order valence-corrected chi connectivity index (χ2v) is 7.83. The number of hydrogen-bond acceptors (Lipinski definition) is 4. The fourth-order valence-corrected chi connectivity index (χ4v) is 4.11. The minimum absolute atomic E-state index is 0.169. The summed E-state index contributed by atoms with van der Waals surface area (Å²) in [4.78, 5) is 26.7. The molecular weight excluding hydrogens is 357 g/mol. The van der Waals surface area contributed by atoms with Crippen LogP contribution in [0.25, 0.3) is 0 Å². The van der Waals surface area contributed by atoms with Crippen LogP contribution < -0.4 is 0 Å². The van der Waals surface area contributed by atoms with Crippen molar-refractivity contribution in [1.29, 1.82) is 0 Å². The minimum Gasteiger partial charge on any atom is -0.467 e. The summed E-state index contributed by atoms with van der Waals surface area (Å²) in [6.07, 6.45) is 0. The summed E-state index contributed by atoms with van der Waals surface area (Å²) in [6.45, 7) is 3.55. The molecule has 2 rings (SSSR count). The van der Waals surface area contributed by atoms with Gasteiger partial charge in [-0.1, -0.05) is 23.7 Å². The zero-order valence-electron chi connectivity index (χ0n) is 13.2. The van der Waals surface area contributed by atoms with E-state index >= 15 is 0 Å². The lowest BCUT2D eigenvalue weighted by Gasteiger charge is -2.34. The molecule has 1 amide bonds. The Labute approximate surface area is 150 Å². The zero-order valence-corrected chi connectivity index (χ0v) is 15.5. The van der Waals surface area contributed by atoms with Crippen LogP contribution in [-0.4, -0.2) is 41.6 Å².